The molecule has 0 radical (unpaired) electrons. The number of nitrogens with one attached hydrogen (secondary N) is 1. The lowest BCUT2D eigenvalue weighted by Gasteiger charge is -2.13. The number of methoxy groups -OCH3 is 1. The zero-order valence-corrected chi connectivity index (χ0v) is 20.2. The van der Waals surface area contributed by atoms with E-state index in [9.17, 15) is 9.59 Å². The van der Waals surface area contributed by atoms with E-state index in [1.807, 2.05) is 67.6 Å². The van der Waals surface area contributed by atoms with E-state index in [0.717, 1.165) is 27.5 Å². The van der Waals surface area contributed by atoms with Crippen molar-refractivity contribution in [1.29, 1.82) is 0 Å². The van der Waals surface area contributed by atoms with Crippen molar-refractivity contribution in [3.8, 4) is 11.5 Å². The number of rotatable bonds is 7. The first-order valence-corrected chi connectivity index (χ1v) is 11.7. The Balaban J connectivity index is 1.32. The van der Waals surface area contributed by atoms with Gasteiger partial charge in [0, 0.05) is 0 Å². The van der Waals surface area contributed by atoms with E-state index < -0.39 is 6.03 Å². The van der Waals surface area contributed by atoms with Gasteiger partial charge in [0.1, 0.15) is 12.3 Å². The Kier molecular flexibility index (Phi) is 6.41. The quantitative estimate of drug-likeness (QED) is 0.268. The molecule has 1 heterocycles. The van der Waals surface area contributed by atoms with E-state index in [1.54, 1.807) is 19.3 Å². The average Bonchev–Trinajstić information content (AvgIpc) is 3.16. The van der Waals surface area contributed by atoms with Gasteiger partial charge in [-0.2, -0.15) is 0 Å². The molecular weight excluding hydrogens is 452 g/mol. The molecule has 1 saturated heterocycles. The summed E-state index contributed by atoms with van der Waals surface area (Å²) in [7, 11) is 1.57. The fourth-order valence-corrected chi connectivity index (χ4v) is 4.22. The van der Waals surface area contributed by atoms with Crippen LogP contribution in [0.25, 0.3) is 16.8 Å². The van der Waals surface area contributed by atoms with Crippen LogP contribution in [-0.2, 0) is 17.9 Å². The fourth-order valence-electron chi connectivity index (χ4n) is 4.22. The summed E-state index contributed by atoms with van der Waals surface area (Å²) in [6, 6.07) is 27.1. The van der Waals surface area contributed by atoms with Crippen molar-refractivity contribution in [2.45, 2.75) is 20.1 Å². The van der Waals surface area contributed by atoms with Gasteiger partial charge in [0.25, 0.3) is 5.91 Å². The Morgan fingerprint density at radius 2 is 1.67 bits per heavy atom. The number of urea groups is 1. The van der Waals surface area contributed by atoms with Gasteiger partial charge in [-0.05, 0) is 52.6 Å². The number of carbonyl (C=O) groups excluding carboxylic acids is 2. The lowest BCUT2D eigenvalue weighted by atomic mass is 10.1. The van der Waals surface area contributed by atoms with Crippen molar-refractivity contribution in [3.63, 3.8) is 0 Å². The van der Waals surface area contributed by atoms with E-state index in [1.165, 1.54) is 4.90 Å². The maximum atomic E-state index is 12.9. The highest BCUT2D eigenvalue weighted by Gasteiger charge is 2.33. The summed E-state index contributed by atoms with van der Waals surface area (Å²) in [5.74, 6) is 0.768. The molecule has 1 fully saturated rings. The molecule has 4 aromatic carbocycles. The van der Waals surface area contributed by atoms with Crippen LogP contribution >= 0.6 is 0 Å². The van der Waals surface area contributed by atoms with E-state index in [4.69, 9.17) is 9.47 Å². The molecule has 4 aromatic rings. The van der Waals surface area contributed by atoms with Crippen LogP contribution in [0.2, 0.25) is 0 Å². The second-order valence-electron chi connectivity index (χ2n) is 8.70. The first kappa shape index (κ1) is 23.2. The molecule has 0 atom stereocenters. The summed E-state index contributed by atoms with van der Waals surface area (Å²) >= 11 is 0. The molecule has 0 unspecified atom stereocenters. The molecule has 0 bridgehead atoms. The van der Waals surface area contributed by atoms with E-state index >= 15 is 0 Å². The summed E-state index contributed by atoms with van der Waals surface area (Å²) in [5, 5.41) is 4.98. The minimum Gasteiger partial charge on any atom is -0.493 e. The van der Waals surface area contributed by atoms with Crippen molar-refractivity contribution in [3.05, 3.63) is 113 Å². The summed E-state index contributed by atoms with van der Waals surface area (Å²) in [6.45, 7) is 2.60. The standard InChI is InChI=1S/C30H26N2O4/c1-20-10-12-21(13-11-20)18-32-29(33)26(31-30(32)34)16-22-14-15-27(28(17-22)35-2)36-19-24-8-5-7-23-6-3-4-9-25(23)24/h3-17H,18-19H2,1-2H3,(H,31,34)/b26-16+. The van der Waals surface area contributed by atoms with Gasteiger partial charge >= 0.3 is 6.03 Å². The van der Waals surface area contributed by atoms with Gasteiger partial charge in [0.05, 0.1) is 13.7 Å². The summed E-state index contributed by atoms with van der Waals surface area (Å²) in [5.41, 5.74) is 4.02. The molecule has 180 valence electrons. The number of nitrogens with zero attached hydrogens (tertiary/aromatic N) is 1. The van der Waals surface area contributed by atoms with Crippen molar-refractivity contribution in [2.75, 3.05) is 7.11 Å². The van der Waals surface area contributed by atoms with Crippen molar-refractivity contribution in [1.82, 2.24) is 10.2 Å². The predicted octanol–water partition coefficient (Wildman–Crippen LogP) is 5.83. The Bertz CT molecular complexity index is 1470. The normalized spacial score (nSPS) is 14.4. The number of ether oxygens (including phenoxy) is 2. The van der Waals surface area contributed by atoms with E-state index in [2.05, 4.69) is 23.5 Å². The number of carbonyl (C=O) groups is 2. The molecular formula is C30H26N2O4. The maximum Gasteiger partial charge on any atom is 0.329 e. The number of hydrogen-bond donors (Lipinski definition) is 1. The zero-order chi connectivity index (χ0) is 25.1. The average molecular weight is 479 g/mol. The molecule has 3 amide bonds. The molecule has 0 aliphatic carbocycles. The number of imide groups is 1. The van der Waals surface area contributed by atoms with Crippen LogP contribution in [0, 0.1) is 6.92 Å². The SMILES string of the molecule is COc1cc(/C=C2/NC(=O)N(Cc3ccc(C)cc3)C2=O)ccc1OCc1cccc2ccccc12. The van der Waals surface area contributed by atoms with E-state index in [0.29, 0.717) is 23.7 Å². The largest absolute Gasteiger partial charge is 0.493 e. The maximum absolute atomic E-state index is 12.9. The van der Waals surface area contributed by atoms with Crippen LogP contribution in [0.4, 0.5) is 4.79 Å². The smallest absolute Gasteiger partial charge is 0.329 e. The summed E-state index contributed by atoms with van der Waals surface area (Å²) in [4.78, 5) is 26.6. The molecule has 1 N–H and O–H groups in total. The highest BCUT2D eigenvalue weighted by Crippen LogP contribution is 2.31. The van der Waals surface area contributed by atoms with Gasteiger partial charge in [0.15, 0.2) is 11.5 Å². The van der Waals surface area contributed by atoms with Gasteiger partial charge < -0.3 is 14.8 Å². The molecule has 5 rings (SSSR count). The topological polar surface area (TPSA) is 67.9 Å². The molecule has 0 spiro atoms. The second kappa shape index (κ2) is 9.96. The second-order valence-corrected chi connectivity index (χ2v) is 8.70. The molecule has 6 heteroatoms. The number of benzene rings is 4. The number of aryl methyl sites for hydroxylation is 1. The highest BCUT2D eigenvalue weighted by molar-refractivity contribution is 6.13. The van der Waals surface area contributed by atoms with Crippen molar-refractivity contribution < 1.29 is 19.1 Å². The van der Waals surface area contributed by atoms with E-state index in [-0.39, 0.29) is 18.1 Å². The van der Waals surface area contributed by atoms with Crippen LogP contribution < -0.4 is 14.8 Å². The first-order chi connectivity index (χ1) is 17.5. The molecule has 0 aromatic heterocycles. The van der Waals surface area contributed by atoms with Crippen LogP contribution in [0.15, 0.2) is 90.6 Å². The summed E-state index contributed by atoms with van der Waals surface area (Å²) < 4.78 is 11.6. The number of fused-ring (bicyclic) bond motifs is 1. The van der Waals surface area contributed by atoms with Gasteiger partial charge in [-0.1, -0.05) is 78.4 Å². The van der Waals surface area contributed by atoms with Gasteiger partial charge in [-0.25, -0.2) is 4.79 Å². The summed E-state index contributed by atoms with van der Waals surface area (Å²) in [6.07, 6.45) is 1.65. The number of amides is 3. The van der Waals surface area contributed by atoms with Gasteiger partial charge in [-0.3, -0.25) is 9.69 Å². The minimum atomic E-state index is -0.436. The first-order valence-electron chi connectivity index (χ1n) is 11.7. The van der Waals surface area contributed by atoms with Gasteiger partial charge in [0.2, 0.25) is 0 Å². The Hall–Kier alpha value is -4.58. The molecule has 1 aliphatic heterocycles. The van der Waals surface area contributed by atoms with Gasteiger partial charge in [-0.15, -0.1) is 0 Å². The Labute approximate surface area is 209 Å². The minimum absolute atomic E-state index is 0.215. The predicted molar refractivity (Wildman–Crippen MR) is 140 cm³/mol. The fraction of sp³-hybridized carbons (Fsp3) is 0.133. The molecule has 1 aliphatic rings. The third kappa shape index (κ3) is 4.79. The monoisotopic (exact) mass is 478 g/mol. The van der Waals surface area contributed by atoms with Crippen LogP contribution in [0.5, 0.6) is 11.5 Å². The lowest BCUT2D eigenvalue weighted by molar-refractivity contribution is -0.123. The highest BCUT2D eigenvalue weighted by atomic mass is 16.5. The number of hydrogen-bond acceptors (Lipinski definition) is 4. The zero-order valence-electron chi connectivity index (χ0n) is 20.2. The van der Waals surface area contributed by atoms with Crippen LogP contribution in [0.1, 0.15) is 22.3 Å². The molecule has 0 saturated carbocycles. The van der Waals surface area contributed by atoms with Crippen molar-refractivity contribution in [2.24, 2.45) is 0 Å². The lowest BCUT2D eigenvalue weighted by Crippen LogP contribution is -2.30. The molecule has 36 heavy (non-hydrogen) atoms. The van der Waals surface area contributed by atoms with Crippen molar-refractivity contribution >= 4 is 28.8 Å². The Morgan fingerprint density at radius 3 is 2.47 bits per heavy atom. The third-order valence-electron chi connectivity index (χ3n) is 6.19. The van der Waals surface area contributed by atoms with Crippen LogP contribution in [0.3, 0.4) is 0 Å². The van der Waals surface area contributed by atoms with Crippen LogP contribution in [-0.4, -0.2) is 23.9 Å². The third-order valence-corrected chi connectivity index (χ3v) is 6.19. The Morgan fingerprint density at radius 1 is 0.889 bits per heavy atom. The molecule has 6 nitrogen and oxygen atoms in total.